The number of carbonyl (C=O) groups is 1. The third-order valence-electron chi connectivity index (χ3n) is 3.87. The second-order valence-electron chi connectivity index (χ2n) is 5.48. The van der Waals surface area contributed by atoms with Crippen LogP contribution < -0.4 is 10.6 Å². The van der Waals surface area contributed by atoms with Crippen molar-refractivity contribution in [3.05, 3.63) is 66.1 Å². The third-order valence-corrected chi connectivity index (χ3v) is 3.87. The van der Waals surface area contributed by atoms with E-state index in [0.29, 0.717) is 11.4 Å². The van der Waals surface area contributed by atoms with E-state index in [4.69, 9.17) is 0 Å². The van der Waals surface area contributed by atoms with Gasteiger partial charge in [0, 0.05) is 25.0 Å². The Kier molecular flexibility index (Phi) is 3.08. The zero-order valence-electron chi connectivity index (χ0n) is 12.5. The Balaban J connectivity index is 1.68. The fourth-order valence-corrected chi connectivity index (χ4v) is 2.72. The first-order valence-corrected chi connectivity index (χ1v) is 7.32. The fourth-order valence-electron chi connectivity index (χ4n) is 2.72. The maximum absolute atomic E-state index is 12.2. The fraction of sp³-hybridized carbons (Fsp3) is 0.118. The van der Waals surface area contributed by atoms with Gasteiger partial charge < -0.3 is 10.6 Å². The van der Waals surface area contributed by atoms with Crippen LogP contribution in [0.5, 0.6) is 0 Å². The molecule has 0 fully saturated rings. The number of hydrogen-bond donors (Lipinski definition) is 2. The first-order chi connectivity index (χ1) is 11.2. The number of nitrogens with one attached hydrogen (secondary N) is 2. The molecule has 1 atom stereocenters. The Morgan fingerprint density at radius 3 is 2.87 bits per heavy atom. The van der Waals surface area contributed by atoms with Crippen molar-refractivity contribution < 1.29 is 4.79 Å². The van der Waals surface area contributed by atoms with E-state index in [9.17, 15) is 4.79 Å². The van der Waals surface area contributed by atoms with Crippen molar-refractivity contribution in [2.75, 3.05) is 5.32 Å². The summed E-state index contributed by atoms with van der Waals surface area (Å²) >= 11 is 0. The zero-order valence-corrected chi connectivity index (χ0v) is 12.5. The summed E-state index contributed by atoms with van der Waals surface area (Å²) in [6, 6.07) is 11.5. The molecular weight excluding hydrogens is 290 g/mol. The SMILES string of the molecule is Cn1cc(-c2cccc([C@@H]3NC(=O)c4cccnc4N3)c2)cn1. The van der Waals surface area contributed by atoms with E-state index >= 15 is 0 Å². The normalized spacial score (nSPS) is 16.4. The first-order valence-electron chi connectivity index (χ1n) is 7.32. The number of rotatable bonds is 2. The van der Waals surface area contributed by atoms with Gasteiger partial charge in [0.05, 0.1) is 11.8 Å². The van der Waals surface area contributed by atoms with Crippen LogP contribution >= 0.6 is 0 Å². The van der Waals surface area contributed by atoms with Gasteiger partial charge in [0.1, 0.15) is 12.0 Å². The summed E-state index contributed by atoms with van der Waals surface area (Å²) in [5.74, 6) is 0.483. The summed E-state index contributed by atoms with van der Waals surface area (Å²) in [5.41, 5.74) is 3.62. The zero-order chi connectivity index (χ0) is 15.8. The van der Waals surface area contributed by atoms with Gasteiger partial charge in [-0.1, -0.05) is 18.2 Å². The molecular formula is C17H15N5O. The van der Waals surface area contributed by atoms with Gasteiger partial charge in [0.25, 0.3) is 5.91 Å². The van der Waals surface area contributed by atoms with E-state index < -0.39 is 0 Å². The minimum absolute atomic E-state index is 0.122. The molecule has 6 nitrogen and oxygen atoms in total. The standard InChI is InChI=1S/C17H15N5O/c1-22-10-13(9-19-22)11-4-2-5-12(8-11)15-20-16-14(17(23)21-15)6-3-7-18-16/h2-10,15H,1H3,(H,18,20)(H,21,23)/t15-/m0/s1. The topological polar surface area (TPSA) is 71.8 Å². The number of benzene rings is 1. The van der Waals surface area contributed by atoms with E-state index in [1.165, 1.54) is 0 Å². The molecule has 1 aliphatic rings. The molecule has 0 saturated heterocycles. The maximum Gasteiger partial charge on any atom is 0.256 e. The Morgan fingerprint density at radius 2 is 2.04 bits per heavy atom. The van der Waals surface area contributed by atoms with Crippen LogP contribution in [0.4, 0.5) is 5.82 Å². The summed E-state index contributed by atoms with van der Waals surface area (Å²) < 4.78 is 1.77. The van der Waals surface area contributed by atoms with Crippen LogP contribution in [0, 0.1) is 0 Å². The minimum atomic E-state index is -0.304. The van der Waals surface area contributed by atoms with Crippen LogP contribution in [0.1, 0.15) is 22.1 Å². The quantitative estimate of drug-likeness (QED) is 0.762. The van der Waals surface area contributed by atoms with E-state index in [0.717, 1.165) is 16.7 Å². The molecule has 114 valence electrons. The molecule has 3 aromatic rings. The lowest BCUT2D eigenvalue weighted by molar-refractivity contribution is 0.0935. The summed E-state index contributed by atoms with van der Waals surface area (Å²) in [6.45, 7) is 0. The molecule has 4 rings (SSSR count). The second-order valence-corrected chi connectivity index (χ2v) is 5.48. The maximum atomic E-state index is 12.2. The van der Waals surface area contributed by atoms with Crippen molar-refractivity contribution in [3.8, 4) is 11.1 Å². The van der Waals surface area contributed by atoms with Crippen molar-refractivity contribution in [1.82, 2.24) is 20.1 Å². The Hall–Kier alpha value is -3.15. The van der Waals surface area contributed by atoms with Gasteiger partial charge in [0.2, 0.25) is 0 Å². The smallest absolute Gasteiger partial charge is 0.256 e. The molecule has 0 unspecified atom stereocenters. The number of anilines is 1. The number of amides is 1. The number of aromatic nitrogens is 3. The van der Waals surface area contributed by atoms with Crippen LogP contribution in [0.2, 0.25) is 0 Å². The van der Waals surface area contributed by atoms with E-state index in [1.807, 2.05) is 43.7 Å². The third kappa shape index (κ3) is 2.44. The minimum Gasteiger partial charge on any atom is -0.346 e. The summed E-state index contributed by atoms with van der Waals surface area (Å²) in [7, 11) is 1.89. The highest BCUT2D eigenvalue weighted by Gasteiger charge is 2.25. The summed E-state index contributed by atoms with van der Waals surface area (Å²) in [5, 5.41) is 10.4. The number of nitrogens with zero attached hydrogens (tertiary/aromatic N) is 3. The van der Waals surface area contributed by atoms with Crippen molar-refractivity contribution in [2.45, 2.75) is 6.17 Å². The Bertz CT molecular complexity index is 886. The number of aryl methyl sites for hydroxylation is 1. The van der Waals surface area contributed by atoms with Crippen molar-refractivity contribution in [1.29, 1.82) is 0 Å². The van der Waals surface area contributed by atoms with Crippen LogP contribution in [0.25, 0.3) is 11.1 Å². The number of carbonyl (C=O) groups excluding carboxylic acids is 1. The van der Waals surface area contributed by atoms with Crippen molar-refractivity contribution in [3.63, 3.8) is 0 Å². The molecule has 0 saturated carbocycles. The van der Waals surface area contributed by atoms with Gasteiger partial charge in [-0.15, -0.1) is 0 Å². The Labute approximate surface area is 133 Å². The van der Waals surface area contributed by atoms with E-state index in [-0.39, 0.29) is 12.1 Å². The van der Waals surface area contributed by atoms with Gasteiger partial charge in [-0.2, -0.15) is 5.10 Å². The van der Waals surface area contributed by atoms with Gasteiger partial charge in [-0.05, 0) is 29.3 Å². The van der Waals surface area contributed by atoms with Crippen molar-refractivity contribution in [2.24, 2.45) is 7.05 Å². The lowest BCUT2D eigenvalue weighted by Crippen LogP contribution is -2.38. The monoisotopic (exact) mass is 305 g/mol. The van der Waals surface area contributed by atoms with Crippen LogP contribution in [0.3, 0.4) is 0 Å². The molecule has 1 aliphatic heterocycles. The van der Waals surface area contributed by atoms with Crippen LogP contribution in [0.15, 0.2) is 55.0 Å². The highest BCUT2D eigenvalue weighted by atomic mass is 16.2. The lowest BCUT2D eigenvalue weighted by atomic mass is 10.0. The molecule has 0 aliphatic carbocycles. The summed E-state index contributed by atoms with van der Waals surface area (Å²) in [6.07, 6.45) is 5.15. The molecule has 0 spiro atoms. The number of pyridine rings is 1. The molecule has 3 heterocycles. The first kappa shape index (κ1) is 13.5. The predicted molar refractivity (Wildman–Crippen MR) is 86.7 cm³/mol. The largest absolute Gasteiger partial charge is 0.346 e. The van der Waals surface area contributed by atoms with Crippen LogP contribution in [-0.2, 0) is 7.05 Å². The van der Waals surface area contributed by atoms with E-state index in [2.05, 4.69) is 20.7 Å². The average molecular weight is 305 g/mol. The Morgan fingerprint density at radius 1 is 1.13 bits per heavy atom. The summed E-state index contributed by atoms with van der Waals surface area (Å²) in [4.78, 5) is 16.5. The van der Waals surface area contributed by atoms with Gasteiger partial charge in [-0.25, -0.2) is 4.98 Å². The highest BCUT2D eigenvalue weighted by Crippen LogP contribution is 2.27. The number of fused-ring (bicyclic) bond motifs is 1. The molecule has 2 aromatic heterocycles. The average Bonchev–Trinajstić information content (AvgIpc) is 3.01. The van der Waals surface area contributed by atoms with Crippen molar-refractivity contribution >= 4 is 11.7 Å². The highest BCUT2D eigenvalue weighted by molar-refractivity contribution is 6.00. The van der Waals surface area contributed by atoms with Gasteiger partial charge >= 0.3 is 0 Å². The molecule has 0 bridgehead atoms. The van der Waals surface area contributed by atoms with Gasteiger partial charge in [-0.3, -0.25) is 9.48 Å². The molecule has 23 heavy (non-hydrogen) atoms. The molecule has 1 amide bonds. The van der Waals surface area contributed by atoms with Gasteiger partial charge in [0.15, 0.2) is 0 Å². The second kappa shape index (κ2) is 5.24. The van der Waals surface area contributed by atoms with Crippen LogP contribution in [-0.4, -0.2) is 20.7 Å². The van der Waals surface area contributed by atoms with E-state index in [1.54, 1.807) is 23.0 Å². The predicted octanol–water partition coefficient (Wildman–Crippen LogP) is 2.34. The number of hydrogen-bond acceptors (Lipinski definition) is 4. The molecule has 0 radical (unpaired) electrons. The molecule has 2 N–H and O–H groups in total. The molecule has 6 heteroatoms. The molecule has 1 aromatic carbocycles. The lowest BCUT2D eigenvalue weighted by Gasteiger charge is -2.27.